The van der Waals surface area contributed by atoms with E-state index >= 15 is 0 Å². The van der Waals surface area contributed by atoms with Crippen molar-refractivity contribution in [1.82, 2.24) is 5.32 Å². The van der Waals surface area contributed by atoms with Crippen LogP contribution in [0.3, 0.4) is 0 Å². The van der Waals surface area contributed by atoms with Gasteiger partial charge in [-0.1, -0.05) is 25.1 Å². The van der Waals surface area contributed by atoms with Crippen LogP contribution in [0.25, 0.3) is 6.08 Å². The molecule has 0 aromatic heterocycles. The number of hydrogen-bond donors (Lipinski definition) is 2. The molecule has 0 spiro atoms. The van der Waals surface area contributed by atoms with Gasteiger partial charge in [0.05, 0.1) is 9.26 Å². The summed E-state index contributed by atoms with van der Waals surface area (Å²) in [5.74, 6) is -1.77. The van der Waals surface area contributed by atoms with Gasteiger partial charge in [-0.25, -0.2) is 4.79 Å². The second-order valence-corrected chi connectivity index (χ2v) is 7.90. The summed E-state index contributed by atoms with van der Waals surface area (Å²) < 4.78 is 5.84. The number of hydrogen-bond acceptors (Lipinski definition) is 5. The molecule has 7 nitrogen and oxygen atoms in total. The molecular weight excluding hydrogens is 519 g/mol. The lowest BCUT2D eigenvalue weighted by Crippen LogP contribution is -2.54. The van der Waals surface area contributed by atoms with Crippen molar-refractivity contribution < 1.29 is 24.2 Å². The number of halogens is 1. The van der Waals surface area contributed by atoms with Gasteiger partial charge >= 0.3 is 5.97 Å². The number of nitrogens with zero attached hydrogens (tertiary/aromatic N) is 1. The average Bonchev–Trinajstić information content (AvgIpc) is 2.70. The van der Waals surface area contributed by atoms with Gasteiger partial charge in [-0.2, -0.15) is 0 Å². The van der Waals surface area contributed by atoms with Crippen LogP contribution in [0, 0.1) is 3.57 Å². The molecule has 0 saturated carbocycles. The summed E-state index contributed by atoms with van der Waals surface area (Å²) in [7, 11) is 0. The predicted octanol–water partition coefficient (Wildman–Crippen LogP) is 3.15. The van der Waals surface area contributed by atoms with E-state index < -0.39 is 24.4 Å². The number of amides is 2. The van der Waals surface area contributed by atoms with Crippen LogP contribution in [0.4, 0.5) is 5.69 Å². The zero-order valence-corrected chi connectivity index (χ0v) is 18.8. The zero-order chi connectivity index (χ0) is 21.8. The quantitative estimate of drug-likeness (QED) is 0.255. The van der Waals surface area contributed by atoms with Crippen LogP contribution in [0.2, 0.25) is 0 Å². The van der Waals surface area contributed by atoms with Crippen LogP contribution in [-0.2, 0) is 20.8 Å². The SMILES string of the molecule is CCc1ccc(N2C(=O)/C(=C/c3ccc(OCC(=O)O)c(I)c3)C(=O)NC2=S)cc1. The normalized spacial score (nSPS) is 15.3. The molecular formula is C21H17IN2O5S. The number of ether oxygens (including phenoxy) is 1. The minimum atomic E-state index is -1.08. The number of aryl methyl sites for hydroxylation is 1. The first kappa shape index (κ1) is 21.9. The third-order valence-corrected chi connectivity index (χ3v) is 5.45. The largest absolute Gasteiger partial charge is 0.481 e. The van der Waals surface area contributed by atoms with E-state index in [9.17, 15) is 14.4 Å². The van der Waals surface area contributed by atoms with Crippen molar-refractivity contribution in [3.63, 3.8) is 0 Å². The van der Waals surface area contributed by atoms with Crippen LogP contribution < -0.4 is 15.0 Å². The van der Waals surface area contributed by atoms with Crippen molar-refractivity contribution in [3.8, 4) is 5.75 Å². The number of anilines is 1. The average molecular weight is 536 g/mol. The Labute approximate surface area is 191 Å². The number of rotatable bonds is 6. The Kier molecular flexibility index (Phi) is 6.83. The van der Waals surface area contributed by atoms with Crippen molar-refractivity contribution in [2.45, 2.75) is 13.3 Å². The summed E-state index contributed by atoms with van der Waals surface area (Å²) in [5, 5.41) is 11.3. The molecule has 2 aromatic carbocycles. The fourth-order valence-corrected chi connectivity index (χ4v) is 3.78. The molecule has 1 aliphatic rings. The third kappa shape index (κ3) is 4.85. The molecule has 1 aliphatic heterocycles. The molecule has 2 amide bonds. The van der Waals surface area contributed by atoms with E-state index in [2.05, 4.69) is 5.32 Å². The Morgan fingerprint density at radius 2 is 1.93 bits per heavy atom. The molecule has 2 N–H and O–H groups in total. The molecule has 0 unspecified atom stereocenters. The molecule has 154 valence electrons. The summed E-state index contributed by atoms with van der Waals surface area (Å²) in [5.41, 5.74) is 2.22. The fourth-order valence-electron chi connectivity index (χ4n) is 2.80. The molecule has 0 radical (unpaired) electrons. The van der Waals surface area contributed by atoms with Gasteiger partial charge in [-0.3, -0.25) is 19.8 Å². The first-order valence-electron chi connectivity index (χ1n) is 8.94. The molecule has 1 heterocycles. The lowest BCUT2D eigenvalue weighted by Gasteiger charge is -2.29. The van der Waals surface area contributed by atoms with Crippen molar-refractivity contribution in [2.75, 3.05) is 11.5 Å². The number of carboxylic acid groups (broad SMARTS) is 1. The molecule has 30 heavy (non-hydrogen) atoms. The standard InChI is InChI=1S/C21H17IN2O5S/c1-2-12-3-6-14(7-4-12)24-20(28)15(19(27)23-21(24)30)9-13-5-8-17(16(22)10-13)29-11-18(25)26/h3-10H,2,11H2,1H3,(H,25,26)(H,23,27,30)/b15-9+. The highest BCUT2D eigenvalue weighted by Gasteiger charge is 2.34. The summed E-state index contributed by atoms with van der Waals surface area (Å²) in [4.78, 5) is 37.4. The third-order valence-electron chi connectivity index (χ3n) is 4.32. The number of benzene rings is 2. The number of aliphatic carboxylic acids is 1. The molecule has 1 saturated heterocycles. The van der Waals surface area contributed by atoms with Crippen LogP contribution in [0.5, 0.6) is 5.75 Å². The topological polar surface area (TPSA) is 95.9 Å². The number of carbonyl (C=O) groups is 3. The van der Waals surface area contributed by atoms with E-state index in [0.29, 0.717) is 20.6 Å². The Bertz CT molecular complexity index is 1070. The maximum atomic E-state index is 13.1. The van der Waals surface area contributed by atoms with E-state index in [4.69, 9.17) is 22.1 Å². The summed E-state index contributed by atoms with van der Waals surface area (Å²) >= 11 is 7.21. The van der Waals surface area contributed by atoms with Crippen LogP contribution >= 0.6 is 34.8 Å². The molecule has 0 atom stereocenters. The van der Waals surface area contributed by atoms with E-state index in [1.165, 1.54) is 11.0 Å². The second-order valence-electron chi connectivity index (χ2n) is 6.35. The molecule has 9 heteroatoms. The van der Waals surface area contributed by atoms with Crippen molar-refractivity contribution in [1.29, 1.82) is 0 Å². The highest BCUT2D eigenvalue weighted by Crippen LogP contribution is 2.26. The summed E-state index contributed by atoms with van der Waals surface area (Å²) in [6.07, 6.45) is 2.33. The minimum absolute atomic E-state index is 0.0263. The smallest absolute Gasteiger partial charge is 0.341 e. The Balaban J connectivity index is 1.90. The number of thiocarbonyl (C=S) groups is 1. The zero-order valence-electron chi connectivity index (χ0n) is 15.8. The predicted molar refractivity (Wildman–Crippen MR) is 124 cm³/mol. The van der Waals surface area contributed by atoms with E-state index in [-0.39, 0.29) is 10.7 Å². The highest BCUT2D eigenvalue weighted by atomic mass is 127. The lowest BCUT2D eigenvalue weighted by molar-refractivity contribution is -0.139. The van der Waals surface area contributed by atoms with Gasteiger partial charge in [0.25, 0.3) is 11.8 Å². The monoisotopic (exact) mass is 536 g/mol. The molecule has 0 aliphatic carbocycles. The molecule has 1 fully saturated rings. The van der Waals surface area contributed by atoms with Gasteiger partial charge < -0.3 is 9.84 Å². The maximum Gasteiger partial charge on any atom is 0.341 e. The van der Waals surface area contributed by atoms with Gasteiger partial charge in [0.15, 0.2) is 11.7 Å². The summed E-state index contributed by atoms with van der Waals surface area (Å²) in [6.45, 7) is 1.58. The lowest BCUT2D eigenvalue weighted by atomic mass is 10.1. The van der Waals surface area contributed by atoms with Gasteiger partial charge in [-0.15, -0.1) is 0 Å². The van der Waals surface area contributed by atoms with Gasteiger partial charge in [0, 0.05) is 0 Å². The number of nitrogens with one attached hydrogen (secondary N) is 1. The Hall–Kier alpha value is -2.79. The number of carboxylic acids is 1. The first-order valence-corrected chi connectivity index (χ1v) is 10.4. The molecule has 2 aromatic rings. The molecule has 0 bridgehead atoms. The van der Waals surface area contributed by atoms with Crippen LogP contribution in [-0.4, -0.2) is 34.6 Å². The minimum Gasteiger partial charge on any atom is -0.481 e. The van der Waals surface area contributed by atoms with Gasteiger partial charge in [0.1, 0.15) is 11.3 Å². The number of carbonyl (C=O) groups excluding carboxylic acids is 2. The second kappa shape index (κ2) is 9.35. The van der Waals surface area contributed by atoms with Crippen molar-refractivity contribution in [2.24, 2.45) is 0 Å². The Morgan fingerprint density at radius 1 is 1.23 bits per heavy atom. The van der Waals surface area contributed by atoms with Crippen molar-refractivity contribution in [3.05, 3.63) is 62.7 Å². The maximum absolute atomic E-state index is 13.1. The van der Waals surface area contributed by atoms with E-state index in [1.807, 2.05) is 41.6 Å². The van der Waals surface area contributed by atoms with Crippen molar-refractivity contribution >= 4 is 69.5 Å². The van der Waals surface area contributed by atoms with Gasteiger partial charge in [-0.05, 0) is 82.7 Å². The van der Waals surface area contributed by atoms with E-state index in [1.54, 1.807) is 30.3 Å². The summed E-state index contributed by atoms with van der Waals surface area (Å²) in [6, 6.07) is 12.3. The Morgan fingerprint density at radius 3 is 2.53 bits per heavy atom. The van der Waals surface area contributed by atoms with Crippen LogP contribution in [0.1, 0.15) is 18.1 Å². The molecule has 3 rings (SSSR count). The van der Waals surface area contributed by atoms with E-state index in [0.717, 1.165) is 12.0 Å². The fraction of sp³-hybridized carbons (Fsp3) is 0.143. The van der Waals surface area contributed by atoms with Crippen LogP contribution in [0.15, 0.2) is 48.0 Å². The highest BCUT2D eigenvalue weighted by molar-refractivity contribution is 14.1. The van der Waals surface area contributed by atoms with Gasteiger partial charge in [0.2, 0.25) is 0 Å². The first-order chi connectivity index (χ1) is 14.3.